The molecule has 102 valence electrons. The van der Waals surface area contributed by atoms with Gasteiger partial charge in [0.15, 0.2) is 0 Å². The second-order valence-corrected chi connectivity index (χ2v) is 4.68. The van der Waals surface area contributed by atoms with Crippen LogP contribution in [0.5, 0.6) is 0 Å². The molecule has 0 spiro atoms. The maximum atomic E-state index is 13.1. The highest BCUT2D eigenvalue weighted by molar-refractivity contribution is 5.77. The molecular formula is C16H12F2O2. The standard InChI is InChI=1S/C16H12F2O2/c17-12-5-10(6-13(18)9-12)7-14(19)16-8-11-3-1-2-4-15(11)20-16/h1-6,8-9,14,19H,7H2. The van der Waals surface area contributed by atoms with Gasteiger partial charge in [0.2, 0.25) is 0 Å². The van der Waals surface area contributed by atoms with Gasteiger partial charge in [0.05, 0.1) is 0 Å². The lowest BCUT2D eigenvalue weighted by Crippen LogP contribution is -2.01. The van der Waals surface area contributed by atoms with Crippen molar-refractivity contribution >= 4 is 11.0 Å². The highest BCUT2D eigenvalue weighted by Gasteiger charge is 2.15. The predicted molar refractivity (Wildman–Crippen MR) is 71.2 cm³/mol. The Morgan fingerprint density at radius 2 is 1.70 bits per heavy atom. The monoisotopic (exact) mass is 274 g/mol. The average Bonchev–Trinajstić information content (AvgIpc) is 2.81. The lowest BCUT2D eigenvalue weighted by Gasteiger charge is -2.08. The quantitative estimate of drug-likeness (QED) is 0.783. The minimum absolute atomic E-state index is 0.0918. The molecule has 4 heteroatoms. The molecule has 0 aliphatic rings. The normalized spacial score (nSPS) is 12.8. The number of rotatable bonds is 3. The second-order valence-electron chi connectivity index (χ2n) is 4.68. The van der Waals surface area contributed by atoms with Gasteiger partial charge in [-0.25, -0.2) is 8.78 Å². The molecule has 2 nitrogen and oxygen atoms in total. The third-order valence-corrected chi connectivity index (χ3v) is 3.12. The Kier molecular flexibility index (Phi) is 3.24. The molecule has 0 radical (unpaired) electrons. The van der Waals surface area contributed by atoms with Crippen LogP contribution < -0.4 is 0 Å². The fraction of sp³-hybridized carbons (Fsp3) is 0.125. The molecule has 3 rings (SSSR count). The van der Waals surface area contributed by atoms with Crippen molar-refractivity contribution in [2.45, 2.75) is 12.5 Å². The summed E-state index contributed by atoms with van der Waals surface area (Å²) in [5.41, 5.74) is 1.06. The first-order valence-electron chi connectivity index (χ1n) is 6.23. The molecule has 1 heterocycles. The zero-order valence-corrected chi connectivity index (χ0v) is 10.5. The van der Waals surface area contributed by atoms with Gasteiger partial charge in [-0.3, -0.25) is 0 Å². The molecule has 0 saturated carbocycles. The van der Waals surface area contributed by atoms with E-state index >= 15 is 0 Å². The number of aliphatic hydroxyl groups excluding tert-OH is 1. The second kappa shape index (κ2) is 5.06. The van der Waals surface area contributed by atoms with Gasteiger partial charge >= 0.3 is 0 Å². The fourth-order valence-electron chi connectivity index (χ4n) is 2.22. The zero-order valence-electron chi connectivity index (χ0n) is 10.5. The summed E-state index contributed by atoms with van der Waals surface area (Å²) in [5.74, 6) is -0.926. The highest BCUT2D eigenvalue weighted by atomic mass is 19.1. The van der Waals surface area contributed by atoms with E-state index in [9.17, 15) is 13.9 Å². The van der Waals surface area contributed by atoms with E-state index in [1.165, 1.54) is 12.1 Å². The van der Waals surface area contributed by atoms with Crippen molar-refractivity contribution in [1.29, 1.82) is 0 Å². The van der Waals surface area contributed by atoms with Gasteiger partial charge in [-0.15, -0.1) is 0 Å². The van der Waals surface area contributed by atoms with Gasteiger partial charge in [-0.05, 0) is 29.8 Å². The maximum Gasteiger partial charge on any atom is 0.134 e. The summed E-state index contributed by atoms with van der Waals surface area (Å²) < 4.78 is 31.7. The SMILES string of the molecule is OC(Cc1cc(F)cc(F)c1)c1cc2ccccc2o1. The van der Waals surface area contributed by atoms with Crippen molar-refractivity contribution in [3.05, 3.63) is 71.5 Å². The summed E-state index contributed by atoms with van der Waals surface area (Å²) in [7, 11) is 0. The van der Waals surface area contributed by atoms with Gasteiger partial charge < -0.3 is 9.52 Å². The van der Waals surface area contributed by atoms with Gasteiger partial charge in [0.25, 0.3) is 0 Å². The lowest BCUT2D eigenvalue weighted by molar-refractivity contribution is 0.152. The van der Waals surface area contributed by atoms with Crippen LogP contribution in [0, 0.1) is 11.6 Å². The first-order valence-corrected chi connectivity index (χ1v) is 6.23. The highest BCUT2D eigenvalue weighted by Crippen LogP contribution is 2.26. The third kappa shape index (κ3) is 2.56. The molecule has 20 heavy (non-hydrogen) atoms. The number of furan rings is 1. The molecule has 1 unspecified atom stereocenters. The molecule has 2 aromatic carbocycles. The molecule has 0 aliphatic heterocycles. The van der Waals surface area contributed by atoms with Crippen LogP contribution in [0.25, 0.3) is 11.0 Å². The summed E-state index contributed by atoms with van der Waals surface area (Å²) in [5, 5.41) is 11.0. The molecule has 3 aromatic rings. The Balaban J connectivity index is 1.86. The van der Waals surface area contributed by atoms with Crippen molar-refractivity contribution in [3.8, 4) is 0 Å². The largest absolute Gasteiger partial charge is 0.458 e. The molecule has 0 aliphatic carbocycles. The Morgan fingerprint density at radius 3 is 2.40 bits per heavy atom. The van der Waals surface area contributed by atoms with E-state index in [1.807, 2.05) is 18.2 Å². The van der Waals surface area contributed by atoms with Crippen LogP contribution in [0.2, 0.25) is 0 Å². The maximum absolute atomic E-state index is 13.1. The molecule has 1 N–H and O–H groups in total. The topological polar surface area (TPSA) is 33.4 Å². The predicted octanol–water partition coefficient (Wildman–Crippen LogP) is 3.99. The van der Waals surface area contributed by atoms with E-state index in [4.69, 9.17) is 4.42 Å². The van der Waals surface area contributed by atoms with E-state index < -0.39 is 17.7 Å². The van der Waals surface area contributed by atoms with E-state index in [1.54, 1.807) is 12.1 Å². The molecule has 1 aromatic heterocycles. The number of hydrogen-bond donors (Lipinski definition) is 1. The molecule has 0 saturated heterocycles. The van der Waals surface area contributed by atoms with Crippen molar-refractivity contribution in [2.24, 2.45) is 0 Å². The van der Waals surface area contributed by atoms with Crippen molar-refractivity contribution in [3.63, 3.8) is 0 Å². The Labute approximate surface area is 114 Å². The summed E-state index contributed by atoms with van der Waals surface area (Å²) >= 11 is 0. The fourth-order valence-corrected chi connectivity index (χ4v) is 2.22. The van der Waals surface area contributed by atoms with Crippen LogP contribution in [0.3, 0.4) is 0 Å². The first-order chi connectivity index (χ1) is 9.61. The summed E-state index contributed by atoms with van der Waals surface area (Å²) in [6.07, 6.45) is -0.849. The Hall–Kier alpha value is -2.20. The van der Waals surface area contributed by atoms with Crippen LogP contribution in [-0.2, 0) is 6.42 Å². The van der Waals surface area contributed by atoms with E-state index in [-0.39, 0.29) is 6.42 Å². The summed E-state index contributed by atoms with van der Waals surface area (Å²) in [6, 6.07) is 12.3. The van der Waals surface area contributed by atoms with Gasteiger partial charge in [0, 0.05) is 17.9 Å². The number of aliphatic hydroxyl groups is 1. The molecule has 0 fully saturated rings. The lowest BCUT2D eigenvalue weighted by atomic mass is 10.1. The smallest absolute Gasteiger partial charge is 0.134 e. The van der Waals surface area contributed by atoms with E-state index in [0.29, 0.717) is 16.9 Å². The first kappa shape index (κ1) is 12.8. The van der Waals surface area contributed by atoms with Crippen LogP contribution in [-0.4, -0.2) is 5.11 Å². The molecular weight excluding hydrogens is 262 g/mol. The van der Waals surface area contributed by atoms with Gasteiger partial charge in [-0.1, -0.05) is 18.2 Å². The van der Waals surface area contributed by atoms with Crippen LogP contribution in [0.1, 0.15) is 17.4 Å². The molecule has 0 bridgehead atoms. The van der Waals surface area contributed by atoms with Crippen molar-refractivity contribution in [2.75, 3.05) is 0 Å². The third-order valence-electron chi connectivity index (χ3n) is 3.12. The minimum Gasteiger partial charge on any atom is -0.458 e. The average molecular weight is 274 g/mol. The number of fused-ring (bicyclic) bond motifs is 1. The van der Waals surface area contributed by atoms with Crippen LogP contribution in [0.4, 0.5) is 8.78 Å². The number of para-hydroxylation sites is 1. The summed E-state index contributed by atoms with van der Waals surface area (Å²) in [6.45, 7) is 0. The van der Waals surface area contributed by atoms with Gasteiger partial charge in [-0.2, -0.15) is 0 Å². The molecule has 1 atom stereocenters. The number of hydrogen-bond acceptors (Lipinski definition) is 2. The van der Waals surface area contributed by atoms with Crippen LogP contribution >= 0.6 is 0 Å². The number of benzene rings is 2. The Morgan fingerprint density at radius 1 is 1.00 bits per heavy atom. The molecule has 0 amide bonds. The van der Waals surface area contributed by atoms with Gasteiger partial charge in [0.1, 0.15) is 29.1 Å². The Bertz CT molecular complexity index is 696. The minimum atomic E-state index is -0.941. The zero-order chi connectivity index (χ0) is 14.1. The van der Waals surface area contributed by atoms with Crippen LogP contribution in [0.15, 0.2) is 52.9 Å². The van der Waals surface area contributed by atoms with Crippen molar-refractivity contribution < 1.29 is 18.3 Å². The number of halogens is 2. The van der Waals surface area contributed by atoms with Crippen molar-refractivity contribution in [1.82, 2.24) is 0 Å². The van der Waals surface area contributed by atoms with E-state index in [0.717, 1.165) is 11.5 Å². The summed E-state index contributed by atoms with van der Waals surface area (Å²) in [4.78, 5) is 0. The van der Waals surface area contributed by atoms with E-state index in [2.05, 4.69) is 0 Å².